The first kappa shape index (κ1) is 16.4. The van der Waals surface area contributed by atoms with E-state index in [-0.39, 0.29) is 11.4 Å². The molecule has 24 heavy (non-hydrogen) atoms. The van der Waals surface area contributed by atoms with Crippen LogP contribution in [-0.2, 0) is 4.79 Å². The van der Waals surface area contributed by atoms with E-state index < -0.39 is 36.0 Å². The van der Waals surface area contributed by atoms with Crippen molar-refractivity contribution in [2.24, 2.45) is 0 Å². The Morgan fingerprint density at radius 1 is 1.29 bits per heavy atom. The summed E-state index contributed by atoms with van der Waals surface area (Å²) in [7, 11) is 0. The van der Waals surface area contributed by atoms with Gasteiger partial charge < -0.3 is 15.0 Å². The van der Waals surface area contributed by atoms with Crippen LogP contribution in [0.5, 0.6) is 0 Å². The molecule has 5 nitrogen and oxygen atoms in total. The van der Waals surface area contributed by atoms with Gasteiger partial charge >= 0.3 is 12.1 Å². The Labute approximate surface area is 138 Å². The molecule has 1 amide bonds. The van der Waals surface area contributed by atoms with E-state index in [1.807, 2.05) is 0 Å². The average Bonchev–Trinajstić information content (AvgIpc) is 2.85. The summed E-state index contributed by atoms with van der Waals surface area (Å²) in [5, 5.41) is 11.9. The summed E-state index contributed by atoms with van der Waals surface area (Å²) in [4.78, 5) is 23.0. The predicted octanol–water partition coefficient (Wildman–Crippen LogP) is 3.82. The molecular weight excluding hydrogens is 349 g/mol. The Balaban J connectivity index is 2.28. The van der Waals surface area contributed by atoms with E-state index in [2.05, 4.69) is 5.32 Å². The number of halogens is 4. The molecule has 0 radical (unpaired) electrons. The number of rotatable bonds is 2. The lowest BCUT2D eigenvalue weighted by Gasteiger charge is -2.27. The van der Waals surface area contributed by atoms with Crippen molar-refractivity contribution in [2.75, 3.05) is 5.32 Å². The summed E-state index contributed by atoms with van der Waals surface area (Å²) in [6.07, 6.45) is -4.42. The van der Waals surface area contributed by atoms with E-state index in [1.54, 1.807) is 0 Å². The number of alkyl halides is 3. The van der Waals surface area contributed by atoms with Gasteiger partial charge in [0.2, 0.25) is 5.91 Å². The van der Waals surface area contributed by atoms with Gasteiger partial charge in [-0.2, -0.15) is 13.2 Å². The van der Waals surface area contributed by atoms with Crippen molar-refractivity contribution in [2.45, 2.75) is 18.5 Å². The summed E-state index contributed by atoms with van der Waals surface area (Å²) in [6, 6.07) is 5.90. The normalized spacial score (nSPS) is 17.3. The topological polar surface area (TPSA) is 71.3 Å². The van der Waals surface area contributed by atoms with Gasteiger partial charge in [-0.05, 0) is 24.3 Å². The fourth-order valence-corrected chi connectivity index (χ4v) is 2.84. The highest BCUT2D eigenvalue weighted by atomic mass is 35.5. The quantitative estimate of drug-likeness (QED) is 0.857. The first-order valence-corrected chi connectivity index (χ1v) is 7.17. The molecule has 1 aromatic carbocycles. The largest absolute Gasteiger partial charge is 0.478 e. The molecule has 0 spiro atoms. The maximum Gasteiger partial charge on any atom is 0.397 e. The van der Waals surface area contributed by atoms with Gasteiger partial charge in [0.25, 0.3) is 0 Å². The number of nitrogens with one attached hydrogen (secondary N) is 1. The number of hydrogen-bond acceptors (Lipinski definition) is 2. The highest BCUT2D eigenvalue weighted by Gasteiger charge is 2.48. The minimum Gasteiger partial charge on any atom is -0.478 e. The Kier molecular flexibility index (Phi) is 3.79. The standard InChI is InChI=1S/C15H10ClF3N2O3/c16-7-1-3-8(4-2-7)21-6-9(14(23)24)12-13(21)10(15(17,18)19)5-11(22)20-12/h1-4,6,10H,5H2,(H,20,22)(H,23,24). The summed E-state index contributed by atoms with van der Waals surface area (Å²) >= 11 is 5.78. The second-order valence-corrected chi connectivity index (χ2v) is 5.74. The molecule has 1 aliphatic rings. The number of benzene rings is 1. The first-order valence-electron chi connectivity index (χ1n) is 6.79. The highest BCUT2D eigenvalue weighted by Crippen LogP contribution is 2.46. The lowest BCUT2D eigenvalue weighted by atomic mass is 9.94. The Morgan fingerprint density at radius 3 is 2.46 bits per heavy atom. The minimum absolute atomic E-state index is 0.304. The third-order valence-corrected chi connectivity index (χ3v) is 4.01. The molecule has 0 bridgehead atoms. The van der Waals surface area contributed by atoms with E-state index >= 15 is 0 Å². The number of carboxylic acid groups (broad SMARTS) is 1. The molecular formula is C15H10ClF3N2O3. The zero-order chi connectivity index (χ0) is 17.6. The monoisotopic (exact) mass is 358 g/mol. The smallest absolute Gasteiger partial charge is 0.397 e. The second kappa shape index (κ2) is 5.55. The number of fused-ring (bicyclic) bond motifs is 1. The Morgan fingerprint density at radius 2 is 1.92 bits per heavy atom. The number of hydrogen-bond donors (Lipinski definition) is 2. The fourth-order valence-electron chi connectivity index (χ4n) is 2.72. The van der Waals surface area contributed by atoms with Crippen molar-refractivity contribution in [1.29, 1.82) is 0 Å². The highest BCUT2D eigenvalue weighted by molar-refractivity contribution is 6.30. The molecule has 0 saturated carbocycles. The first-order chi connectivity index (χ1) is 11.2. The van der Waals surface area contributed by atoms with Crippen molar-refractivity contribution in [3.8, 4) is 5.69 Å². The van der Waals surface area contributed by atoms with Crippen LogP contribution in [0.2, 0.25) is 5.02 Å². The molecule has 1 aliphatic heterocycles. The molecule has 1 aromatic heterocycles. The van der Waals surface area contributed by atoms with Gasteiger partial charge in [-0.1, -0.05) is 11.6 Å². The summed E-state index contributed by atoms with van der Waals surface area (Å²) in [5.41, 5.74) is -0.714. The number of carboxylic acids is 1. The molecule has 0 fully saturated rings. The molecule has 0 saturated heterocycles. The molecule has 1 atom stereocenters. The molecule has 2 aromatic rings. The van der Waals surface area contributed by atoms with Crippen LogP contribution in [0.1, 0.15) is 28.4 Å². The SMILES string of the molecule is O=C1CC(C(F)(F)F)c2c(c(C(=O)O)cn2-c2ccc(Cl)cc2)N1. The number of nitrogens with zero attached hydrogens (tertiary/aromatic N) is 1. The molecule has 9 heteroatoms. The van der Waals surface area contributed by atoms with Crippen LogP contribution in [0.3, 0.4) is 0 Å². The van der Waals surface area contributed by atoms with Crippen molar-refractivity contribution >= 4 is 29.2 Å². The number of carbonyl (C=O) groups excluding carboxylic acids is 1. The summed E-state index contributed by atoms with van der Waals surface area (Å²) in [6.45, 7) is 0. The van der Waals surface area contributed by atoms with Crippen LogP contribution >= 0.6 is 11.6 Å². The molecule has 1 unspecified atom stereocenters. The average molecular weight is 359 g/mol. The molecule has 3 rings (SSSR count). The number of amides is 1. The van der Waals surface area contributed by atoms with Crippen LogP contribution in [0, 0.1) is 0 Å². The molecule has 126 valence electrons. The number of carbonyl (C=O) groups is 2. The second-order valence-electron chi connectivity index (χ2n) is 5.30. The number of aromatic carboxylic acids is 1. The molecule has 2 heterocycles. The van der Waals surface area contributed by atoms with Gasteiger partial charge in [0.15, 0.2) is 0 Å². The van der Waals surface area contributed by atoms with Crippen LogP contribution in [0.25, 0.3) is 5.69 Å². The van der Waals surface area contributed by atoms with Gasteiger partial charge in [-0.15, -0.1) is 0 Å². The van der Waals surface area contributed by atoms with E-state index in [9.17, 15) is 27.9 Å². The van der Waals surface area contributed by atoms with E-state index in [0.29, 0.717) is 10.7 Å². The third kappa shape index (κ3) is 2.73. The van der Waals surface area contributed by atoms with Crippen molar-refractivity contribution in [1.82, 2.24) is 4.57 Å². The van der Waals surface area contributed by atoms with Crippen LogP contribution in [0.15, 0.2) is 30.5 Å². The zero-order valence-corrected chi connectivity index (χ0v) is 12.6. The zero-order valence-electron chi connectivity index (χ0n) is 11.9. The van der Waals surface area contributed by atoms with Gasteiger partial charge in [0.05, 0.1) is 11.4 Å². The lowest BCUT2D eigenvalue weighted by Crippen LogP contribution is -2.33. The maximum absolute atomic E-state index is 13.4. The van der Waals surface area contributed by atoms with E-state index in [0.717, 1.165) is 10.8 Å². The van der Waals surface area contributed by atoms with Crippen LogP contribution < -0.4 is 5.32 Å². The summed E-state index contributed by atoms with van der Waals surface area (Å²) < 4.78 is 41.3. The molecule has 0 aliphatic carbocycles. The number of anilines is 1. The number of aromatic nitrogens is 1. The summed E-state index contributed by atoms with van der Waals surface area (Å²) in [5.74, 6) is -4.40. The van der Waals surface area contributed by atoms with E-state index in [1.165, 1.54) is 24.3 Å². The Bertz CT molecular complexity index is 828. The van der Waals surface area contributed by atoms with E-state index in [4.69, 9.17) is 11.6 Å². The maximum atomic E-state index is 13.4. The van der Waals surface area contributed by atoms with Gasteiger partial charge in [-0.25, -0.2) is 4.79 Å². The van der Waals surface area contributed by atoms with Gasteiger partial charge in [-0.3, -0.25) is 4.79 Å². The minimum atomic E-state index is -4.69. The van der Waals surface area contributed by atoms with Gasteiger partial charge in [0, 0.05) is 23.3 Å². The Hall–Kier alpha value is -2.48. The van der Waals surface area contributed by atoms with Crippen molar-refractivity contribution in [3.63, 3.8) is 0 Å². The lowest BCUT2D eigenvalue weighted by molar-refractivity contribution is -0.157. The molecule has 2 N–H and O–H groups in total. The van der Waals surface area contributed by atoms with Crippen molar-refractivity contribution in [3.05, 3.63) is 46.7 Å². The third-order valence-electron chi connectivity index (χ3n) is 3.76. The van der Waals surface area contributed by atoms with Crippen molar-refractivity contribution < 1.29 is 27.9 Å². The van der Waals surface area contributed by atoms with Gasteiger partial charge in [0.1, 0.15) is 11.5 Å². The predicted molar refractivity (Wildman–Crippen MR) is 79.8 cm³/mol. The van der Waals surface area contributed by atoms with Crippen LogP contribution in [0.4, 0.5) is 18.9 Å². The van der Waals surface area contributed by atoms with Crippen LogP contribution in [-0.4, -0.2) is 27.7 Å². The fraction of sp³-hybridized carbons (Fsp3) is 0.200.